The fraction of sp³-hybridized carbons (Fsp3) is 0.265. The third-order valence-corrected chi connectivity index (χ3v) is 11.6. The largest absolute Gasteiger partial charge is 0.456 e. The number of hydrogen-bond acceptors (Lipinski definition) is 3. The minimum Gasteiger partial charge on any atom is -0.456 e. The molecule has 0 saturated heterocycles. The molecule has 2 aliphatic heterocycles. The van der Waals surface area contributed by atoms with Crippen molar-refractivity contribution in [2.24, 2.45) is 0 Å². The Balaban J connectivity index is 1.39. The maximum absolute atomic E-state index is 6.56. The van der Waals surface area contributed by atoms with Gasteiger partial charge in [-0.15, -0.1) is 0 Å². The van der Waals surface area contributed by atoms with Crippen molar-refractivity contribution < 1.29 is 4.42 Å². The molecule has 0 amide bonds. The van der Waals surface area contributed by atoms with Crippen LogP contribution in [-0.2, 0) is 16.2 Å². The third-order valence-electron chi connectivity index (χ3n) is 11.6. The highest BCUT2D eigenvalue weighted by Gasteiger charge is 2.46. The lowest BCUT2D eigenvalue weighted by molar-refractivity contribution is 0.590. The maximum atomic E-state index is 6.56. The summed E-state index contributed by atoms with van der Waals surface area (Å²) in [5.41, 5.74) is 18.3. The molecule has 2 aliphatic rings. The number of rotatable bonds is 2. The number of aryl methyl sites for hydroxylation is 1. The van der Waals surface area contributed by atoms with E-state index >= 15 is 0 Å². The van der Waals surface area contributed by atoms with Crippen molar-refractivity contribution in [1.82, 2.24) is 0 Å². The average molecular weight is 693 g/mol. The molecule has 264 valence electrons. The first kappa shape index (κ1) is 33.6. The summed E-state index contributed by atoms with van der Waals surface area (Å²) in [5, 5.41) is 2.29. The second-order valence-corrected chi connectivity index (χ2v) is 18.4. The first-order valence-electron chi connectivity index (χ1n) is 19.1. The van der Waals surface area contributed by atoms with Crippen molar-refractivity contribution in [1.29, 1.82) is 0 Å². The van der Waals surface area contributed by atoms with Crippen LogP contribution < -0.4 is 20.6 Å². The number of furan rings is 1. The van der Waals surface area contributed by atoms with E-state index in [1.54, 1.807) is 0 Å². The molecule has 0 unspecified atom stereocenters. The summed E-state index contributed by atoms with van der Waals surface area (Å²) in [7, 11) is 0. The van der Waals surface area contributed by atoms with Crippen molar-refractivity contribution in [2.45, 2.75) is 85.5 Å². The van der Waals surface area contributed by atoms with Gasteiger partial charge in [-0.05, 0) is 117 Å². The second kappa shape index (κ2) is 11.4. The van der Waals surface area contributed by atoms with E-state index in [4.69, 9.17) is 4.42 Å². The van der Waals surface area contributed by atoms with Gasteiger partial charge in [-0.1, -0.05) is 123 Å². The molecule has 9 rings (SSSR count). The molecule has 6 aromatic carbocycles. The summed E-state index contributed by atoms with van der Waals surface area (Å²) in [6.45, 7) is 22.9. The number of fused-ring (bicyclic) bond motifs is 7. The highest BCUT2D eigenvalue weighted by Crippen LogP contribution is 2.49. The number of hydrogen-bond donors (Lipinski definition) is 0. The van der Waals surface area contributed by atoms with E-state index in [9.17, 15) is 0 Å². The summed E-state index contributed by atoms with van der Waals surface area (Å²) in [6, 6.07) is 43.7. The van der Waals surface area contributed by atoms with Crippen LogP contribution in [0.3, 0.4) is 0 Å². The van der Waals surface area contributed by atoms with E-state index in [0.717, 1.165) is 21.9 Å². The first-order chi connectivity index (χ1) is 25.1. The zero-order valence-corrected chi connectivity index (χ0v) is 32.8. The number of nitrogens with zero attached hydrogens (tertiary/aromatic N) is 2. The summed E-state index contributed by atoms with van der Waals surface area (Å²) >= 11 is 0. The van der Waals surface area contributed by atoms with Crippen molar-refractivity contribution in [2.75, 3.05) is 9.71 Å². The first-order valence-corrected chi connectivity index (χ1v) is 19.1. The Morgan fingerprint density at radius 3 is 1.74 bits per heavy atom. The highest BCUT2D eigenvalue weighted by molar-refractivity contribution is 6.93. The van der Waals surface area contributed by atoms with Gasteiger partial charge in [0.2, 0.25) is 0 Å². The van der Waals surface area contributed by atoms with Crippen LogP contribution in [0.4, 0.5) is 28.4 Å². The Hall–Kier alpha value is -5.22. The quantitative estimate of drug-likeness (QED) is 0.168. The van der Waals surface area contributed by atoms with Crippen LogP contribution in [0.1, 0.15) is 84.6 Å². The van der Waals surface area contributed by atoms with Crippen molar-refractivity contribution in [3.05, 3.63) is 138 Å². The highest BCUT2D eigenvalue weighted by atomic mass is 16.3. The molecule has 1 aromatic heterocycles. The fourth-order valence-corrected chi connectivity index (χ4v) is 8.58. The molecule has 0 fully saturated rings. The van der Waals surface area contributed by atoms with Crippen LogP contribution in [0, 0.1) is 6.92 Å². The van der Waals surface area contributed by atoms with Gasteiger partial charge in [0, 0.05) is 44.8 Å². The van der Waals surface area contributed by atoms with E-state index in [1.165, 1.54) is 72.7 Å². The molecule has 53 heavy (non-hydrogen) atoms. The van der Waals surface area contributed by atoms with Crippen molar-refractivity contribution >= 4 is 68.1 Å². The Labute approximate surface area is 315 Å². The number of benzene rings is 6. The SMILES string of the molecule is Cc1cc2c3c(c1)N(c1ccc(C(C)(C)C)cc1)c1ccc(C(C)(C)C)cc1B3N(c1ccc(C(C)(C)C)cc1)c1cc3c(cc1-2)oc1ccccc13. The molecule has 0 spiro atoms. The molecule has 4 heteroatoms. The molecule has 0 saturated carbocycles. The Morgan fingerprint density at radius 2 is 1.09 bits per heavy atom. The normalized spacial score (nSPS) is 14.1. The zero-order chi connectivity index (χ0) is 37.2. The van der Waals surface area contributed by atoms with Gasteiger partial charge in [0.15, 0.2) is 0 Å². The van der Waals surface area contributed by atoms with Gasteiger partial charge in [0.05, 0.1) is 0 Å². The standard InChI is InChI=1S/C49H49BN2O/c1-30-25-39-37-29-45-38(36-13-11-12-14-44(36)53-45)28-42(37)52(35-22-17-32(18-23-35)48(5,6)7)50-40-27-33(49(8,9)10)19-24-41(40)51(43(26-30)46(39)50)34-20-15-31(16-21-34)47(2,3)4/h11-29H,1-10H3. The third kappa shape index (κ3) is 5.32. The minimum absolute atomic E-state index is 0.0156. The monoisotopic (exact) mass is 692 g/mol. The van der Waals surface area contributed by atoms with Gasteiger partial charge >= 0.3 is 6.85 Å². The van der Waals surface area contributed by atoms with Crippen LogP contribution >= 0.6 is 0 Å². The van der Waals surface area contributed by atoms with Crippen LogP contribution in [-0.4, -0.2) is 6.85 Å². The van der Waals surface area contributed by atoms with Gasteiger partial charge in [-0.3, -0.25) is 0 Å². The molecule has 3 nitrogen and oxygen atoms in total. The van der Waals surface area contributed by atoms with Gasteiger partial charge in [0.25, 0.3) is 0 Å². The van der Waals surface area contributed by atoms with Crippen LogP contribution in [0.5, 0.6) is 0 Å². The molecule has 0 radical (unpaired) electrons. The lowest BCUT2D eigenvalue weighted by atomic mass is 9.43. The van der Waals surface area contributed by atoms with E-state index in [2.05, 4.69) is 194 Å². The van der Waals surface area contributed by atoms with Gasteiger partial charge < -0.3 is 14.1 Å². The molecule has 7 aromatic rings. The van der Waals surface area contributed by atoms with E-state index < -0.39 is 0 Å². The lowest BCUT2D eigenvalue weighted by Crippen LogP contribution is -2.61. The van der Waals surface area contributed by atoms with E-state index in [1.807, 2.05) is 0 Å². The Bertz CT molecular complexity index is 2570. The molecule has 3 heterocycles. The number of anilines is 5. The smallest absolute Gasteiger partial charge is 0.333 e. The predicted octanol–water partition coefficient (Wildman–Crippen LogP) is 12.5. The molecule has 0 N–H and O–H groups in total. The van der Waals surface area contributed by atoms with Gasteiger partial charge in [-0.2, -0.15) is 0 Å². The molecular weight excluding hydrogens is 643 g/mol. The van der Waals surface area contributed by atoms with Gasteiger partial charge in [0.1, 0.15) is 11.2 Å². The van der Waals surface area contributed by atoms with Gasteiger partial charge in [-0.25, -0.2) is 0 Å². The molecular formula is C49H49BN2O. The van der Waals surface area contributed by atoms with E-state index in [0.29, 0.717) is 0 Å². The zero-order valence-electron chi connectivity index (χ0n) is 32.8. The van der Waals surface area contributed by atoms with Crippen molar-refractivity contribution in [3.8, 4) is 11.1 Å². The van der Waals surface area contributed by atoms with Crippen LogP contribution in [0.2, 0.25) is 0 Å². The molecule has 0 bridgehead atoms. The minimum atomic E-state index is -0.0494. The molecule has 0 aliphatic carbocycles. The number of para-hydroxylation sites is 1. The molecule has 0 atom stereocenters. The summed E-state index contributed by atoms with van der Waals surface area (Å²) in [4.78, 5) is 5.14. The fourth-order valence-electron chi connectivity index (χ4n) is 8.58. The van der Waals surface area contributed by atoms with E-state index in [-0.39, 0.29) is 23.1 Å². The maximum Gasteiger partial charge on any atom is 0.333 e. The average Bonchev–Trinajstić information content (AvgIpc) is 3.47. The summed E-state index contributed by atoms with van der Waals surface area (Å²) in [5.74, 6) is 0. The Kier molecular flexibility index (Phi) is 7.22. The summed E-state index contributed by atoms with van der Waals surface area (Å²) < 4.78 is 6.56. The lowest BCUT2D eigenvalue weighted by Gasteiger charge is -2.46. The summed E-state index contributed by atoms with van der Waals surface area (Å²) in [6.07, 6.45) is 0. The second-order valence-electron chi connectivity index (χ2n) is 18.4. The van der Waals surface area contributed by atoms with Crippen LogP contribution in [0.25, 0.3) is 33.1 Å². The van der Waals surface area contributed by atoms with Crippen LogP contribution in [0.15, 0.2) is 120 Å². The topological polar surface area (TPSA) is 19.6 Å². The van der Waals surface area contributed by atoms with Crippen molar-refractivity contribution in [3.63, 3.8) is 0 Å². The Morgan fingerprint density at radius 1 is 0.491 bits per heavy atom. The predicted molar refractivity (Wildman–Crippen MR) is 228 cm³/mol.